The predicted octanol–water partition coefficient (Wildman–Crippen LogP) is 7.31. The number of unbranched alkanes of at least 4 members (excludes halogenated alkanes) is 8. The third-order valence-corrected chi connectivity index (χ3v) is 6.30. The summed E-state index contributed by atoms with van der Waals surface area (Å²) in [6, 6.07) is 11.4. The summed E-state index contributed by atoms with van der Waals surface area (Å²) in [5.74, 6) is 0. The van der Waals surface area contributed by atoms with Crippen LogP contribution in [0.15, 0.2) is 30.3 Å². The molecule has 1 aromatic carbocycles. The first-order chi connectivity index (χ1) is 12.3. The number of rotatable bonds is 13. The Labute approximate surface area is 157 Å². The van der Waals surface area contributed by atoms with Crippen LogP contribution < -0.4 is 0 Å². The topological polar surface area (TPSA) is 3.24 Å². The third-order valence-electron chi connectivity index (χ3n) is 6.30. The van der Waals surface area contributed by atoms with E-state index >= 15 is 0 Å². The van der Waals surface area contributed by atoms with Crippen LogP contribution in [-0.2, 0) is 5.54 Å². The molecule has 1 atom stereocenters. The number of likely N-dealkylation sites (tertiary alicyclic amines) is 1. The Morgan fingerprint density at radius 3 is 1.88 bits per heavy atom. The molecule has 2 rings (SSSR count). The van der Waals surface area contributed by atoms with Crippen LogP contribution in [0.1, 0.15) is 103 Å². The van der Waals surface area contributed by atoms with E-state index in [0.29, 0.717) is 5.54 Å². The first-order valence-electron chi connectivity index (χ1n) is 11.1. The number of nitrogens with zero attached hydrogens (tertiary/aromatic N) is 1. The SMILES string of the molecule is CCCCCCCCCCCC(CC)(c1ccccc1)N1CCCC1. The summed E-state index contributed by atoms with van der Waals surface area (Å²) in [5.41, 5.74) is 1.85. The number of benzene rings is 1. The molecule has 1 aliphatic heterocycles. The van der Waals surface area contributed by atoms with Crippen molar-refractivity contribution in [2.24, 2.45) is 0 Å². The quantitative estimate of drug-likeness (QED) is 0.339. The Bertz CT molecular complexity index is 435. The fourth-order valence-electron chi connectivity index (χ4n) is 4.71. The van der Waals surface area contributed by atoms with Crippen molar-refractivity contribution in [1.29, 1.82) is 0 Å². The van der Waals surface area contributed by atoms with Crippen LogP contribution in [0, 0.1) is 0 Å². The Balaban J connectivity index is 1.81. The van der Waals surface area contributed by atoms with Gasteiger partial charge in [-0.25, -0.2) is 0 Å². The van der Waals surface area contributed by atoms with Crippen LogP contribution >= 0.6 is 0 Å². The van der Waals surface area contributed by atoms with E-state index in [9.17, 15) is 0 Å². The monoisotopic (exact) mass is 343 g/mol. The minimum atomic E-state index is 0.291. The number of hydrogen-bond acceptors (Lipinski definition) is 1. The average molecular weight is 344 g/mol. The van der Waals surface area contributed by atoms with Crippen molar-refractivity contribution in [2.75, 3.05) is 13.1 Å². The van der Waals surface area contributed by atoms with Gasteiger partial charge in [0.15, 0.2) is 0 Å². The zero-order valence-electron chi connectivity index (χ0n) is 16.9. The molecule has 0 aromatic heterocycles. The molecule has 0 radical (unpaired) electrons. The highest BCUT2D eigenvalue weighted by atomic mass is 15.2. The third kappa shape index (κ3) is 6.13. The lowest BCUT2D eigenvalue weighted by molar-refractivity contribution is 0.0951. The van der Waals surface area contributed by atoms with Gasteiger partial charge in [0.1, 0.15) is 0 Å². The molecular formula is C24H41N. The highest BCUT2D eigenvalue weighted by molar-refractivity contribution is 5.25. The second-order valence-corrected chi connectivity index (χ2v) is 8.02. The molecule has 0 amide bonds. The van der Waals surface area contributed by atoms with Crippen LogP contribution in [0.3, 0.4) is 0 Å². The van der Waals surface area contributed by atoms with Gasteiger partial charge in [0, 0.05) is 5.54 Å². The summed E-state index contributed by atoms with van der Waals surface area (Å²) in [7, 11) is 0. The Morgan fingerprint density at radius 2 is 1.32 bits per heavy atom. The molecule has 25 heavy (non-hydrogen) atoms. The van der Waals surface area contributed by atoms with Crippen molar-refractivity contribution < 1.29 is 0 Å². The molecule has 1 aromatic rings. The van der Waals surface area contributed by atoms with Crippen molar-refractivity contribution in [2.45, 2.75) is 103 Å². The summed E-state index contributed by atoms with van der Waals surface area (Å²) in [6.07, 6.45) is 18.1. The fourth-order valence-corrected chi connectivity index (χ4v) is 4.71. The number of hydrogen-bond donors (Lipinski definition) is 0. The molecule has 1 heterocycles. The Hall–Kier alpha value is -0.820. The molecule has 1 heteroatoms. The van der Waals surface area contributed by atoms with Gasteiger partial charge in [0.2, 0.25) is 0 Å². The molecule has 0 bridgehead atoms. The lowest BCUT2D eigenvalue weighted by atomic mass is 9.80. The molecule has 1 saturated heterocycles. The summed E-state index contributed by atoms with van der Waals surface area (Å²) < 4.78 is 0. The lowest BCUT2D eigenvalue weighted by Gasteiger charge is -2.42. The molecule has 1 fully saturated rings. The summed E-state index contributed by atoms with van der Waals surface area (Å²) >= 11 is 0. The van der Waals surface area contributed by atoms with Gasteiger partial charge in [0.25, 0.3) is 0 Å². The van der Waals surface area contributed by atoms with Crippen molar-refractivity contribution in [3.63, 3.8) is 0 Å². The van der Waals surface area contributed by atoms with Gasteiger partial charge in [0.05, 0.1) is 0 Å². The van der Waals surface area contributed by atoms with E-state index in [1.807, 2.05) is 0 Å². The summed E-state index contributed by atoms with van der Waals surface area (Å²) in [5, 5.41) is 0. The fraction of sp³-hybridized carbons (Fsp3) is 0.750. The van der Waals surface area contributed by atoms with Crippen molar-refractivity contribution in [3.8, 4) is 0 Å². The maximum atomic E-state index is 2.80. The molecule has 1 aliphatic rings. The summed E-state index contributed by atoms with van der Waals surface area (Å²) in [6.45, 7) is 7.28. The van der Waals surface area contributed by atoms with E-state index < -0.39 is 0 Å². The van der Waals surface area contributed by atoms with Gasteiger partial charge < -0.3 is 0 Å². The minimum Gasteiger partial charge on any atom is -0.294 e. The molecule has 0 aliphatic carbocycles. The predicted molar refractivity (Wildman–Crippen MR) is 111 cm³/mol. The molecule has 1 nitrogen and oxygen atoms in total. The van der Waals surface area contributed by atoms with Gasteiger partial charge in [-0.2, -0.15) is 0 Å². The highest BCUT2D eigenvalue weighted by Crippen LogP contribution is 2.39. The molecule has 1 unspecified atom stereocenters. The Morgan fingerprint density at radius 1 is 0.760 bits per heavy atom. The van der Waals surface area contributed by atoms with Crippen LogP contribution in [-0.4, -0.2) is 18.0 Å². The van der Waals surface area contributed by atoms with E-state index in [1.165, 1.54) is 96.6 Å². The van der Waals surface area contributed by atoms with Crippen molar-refractivity contribution in [1.82, 2.24) is 4.90 Å². The van der Waals surface area contributed by atoms with Crippen LogP contribution in [0.25, 0.3) is 0 Å². The molecule has 0 saturated carbocycles. The van der Waals surface area contributed by atoms with Gasteiger partial charge in [-0.05, 0) is 44.3 Å². The van der Waals surface area contributed by atoms with Crippen LogP contribution in [0.4, 0.5) is 0 Å². The Kier molecular flexibility index (Phi) is 9.61. The van der Waals surface area contributed by atoms with E-state index in [4.69, 9.17) is 0 Å². The molecule has 0 spiro atoms. The average Bonchev–Trinajstić information content (AvgIpc) is 3.20. The standard InChI is InChI=1S/C24H41N/c1-3-5-6-7-8-9-10-11-15-20-24(4-2,25-21-16-17-22-25)23-18-13-12-14-19-23/h12-14,18-19H,3-11,15-17,20-22H2,1-2H3. The van der Waals surface area contributed by atoms with Gasteiger partial charge in [-0.1, -0.05) is 102 Å². The van der Waals surface area contributed by atoms with E-state index in [1.54, 1.807) is 5.56 Å². The van der Waals surface area contributed by atoms with Gasteiger partial charge in [-0.3, -0.25) is 4.90 Å². The van der Waals surface area contributed by atoms with E-state index in [2.05, 4.69) is 49.1 Å². The zero-order valence-corrected chi connectivity index (χ0v) is 16.9. The second kappa shape index (κ2) is 11.7. The molecule has 0 N–H and O–H groups in total. The normalized spacial score (nSPS) is 17.7. The smallest absolute Gasteiger partial charge is 0.0458 e. The first kappa shape index (κ1) is 20.5. The molecule has 142 valence electrons. The maximum Gasteiger partial charge on any atom is 0.0458 e. The van der Waals surface area contributed by atoms with E-state index in [0.717, 1.165) is 0 Å². The first-order valence-corrected chi connectivity index (χ1v) is 11.1. The van der Waals surface area contributed by atoms with Crippen molar-refractivity contribution >= 4 is 0 Å². The maximum absolute atomic E-state index is 2.80. The lowest BCUT2D eigenvalue weighted by Crippen LogP contribution is -2.44. The van der Waals surface area contributed by atoms with Gasteiger partial charge in [-0.15, -0.1) is 0 Å². The van der Waals surface area contributed by atoms with Gasteiger partial charge >= 0.3 is 0 Å². The second-order valence-electron chi connectivity index (χ2n) is 8.02. The van der Waals surface area contributed by atoms with E-state index in [-0.39, 0.29) is 0 Å². The largest absolute Gasteiger partial charge is 0.294 e. The van der Waals surface area contributed by atoms with Crippen molar-refractivity contribution in [3.05, 3.63) is 35.9 Å². The molecular weight excluding hydrogens is 302 g/mol. The minimum absolute atomic E-state index is 0.291. The van der Waals surface area contributed by atoms with Crippen LogP contribution in [0.5, 0.6) is 0 Å². The van der Waals surface area contributed by atoms with Crippen LogP contribution in [0.2, 0.25) is 0 Å². The zero-order chi connectivity index (χ0) is 17.8. The highest BCUT2D eigenvalue weighted by Gasteiger charge is 2.37. The summed E-state index contributed by atoms with van der Waals surface area (Å²) in [4.78, 5) is 2.80.